The summed E-state index contributed by atoms with van der Waals surface area (Å²) < 4.78 is 3.25. The average Bonchev–Trinajstić information content (AvgIpc) is 2.67. The van der Waals surface area contributed by atoms with E-state index in [-0.39, 0.29) is 5.75 Å². The van der Waals surface area contributed by atoms with Crippen LogP contribution in [0, 0.1) is 5.92 Å². The van der Waals surface area contributed by atoms with E-state index < -0.39 is 0 Å². The van der Waals surface area contributed by atoms with Crippen LogP contribution < -0.4 is 0 Å². The van der Waals surface area contributed by atoms with Crippen molar-refractivity contribution in [2.75, 3.05) is 0 Å². The first-order valence-electron chi connectivity index (χ1n) is 6.19. The summed E-state index contributed by atoms with van der Waals surface area (Å²) in [4.78, 5) is 4.62. The standard InChI is InChI=1S/C14H15BrN2O/c1-9-2-7-12-13(15)16-14(17(12)8-9)10-3-5-11(18)6-4-10/h3-6,9,18H,2,7-8H2,1H3. The quantitative estimate of drug-likeness (QED) is 0.874. The molecule has 1 aliphatic rings. The molecule has 3 rings (SSSR count). The van der Waals surface area contributed by atoms with E-state index in [4.69, 9.17) is 0 Å². The lowest BCUT2D eigenvalue weighted by molar-refractivity contribution is 0.401. The van der Waals surface area contributed by atoms with Gasteiger partial charge in [-0.2, -0.15) is 0 Å². The highest BCUT2D eigenvalue weighted by Crippen LogP contribution is 2.32. The number of phenolic OH excluding ortho intramolecular Hbond substituents is 1. The maximum Gasteiger partial charge on any atom is 0.141 e. The number of halogens is 1. The Balaban J connectivity index is 2.10. The number of phenols is 1. The van der Waals surface area contributed by atoms with Crippen molar-refractivity contribution in [2.45, 2.75) is 26.3 Å². The molecular weight excluding hydrogens is 292 g/mol. The predicted molar refractivity (Wildman–Crippen MR) is 74.5 cm³/mol. The number of nitrogens with zero attached hydrogens (tertiary/aromatic N) is 2. The van der Waals surface area contributed by atoms with Crippen molar-refractivity contribution in [2.24, 2.45) is 5.92 Å². The minimum absolute atomic E-state index is 0.289. The van der Waals surface area contributed by atoms with Crippen molar-refractivity contribution in [1.29, 1.82) is 0 Å². The number of rotatable bonds is 1. The van der Waals surface area contributed by atoms with Crippen molar-refractivity contribution in [3.05, 3.63) is 34.6 Å². The van der Waals surface area contributed by atoms with Gasteiger partial charge in [-0.3, -0.25) is 0 Å². The number of fused-ring (bicyclic) bond motifs is 1. The molecule has 3 nitrogen and oxygen atoms in total. The fourth-order valence-electron chi connectivity index (χ4n) is 2.51. The minimum Gasteiger partial charge on any atom is -0.508 e. The normalized spacial score (nSPS) is 18.7. The highest BCUT2D eigenvalue weighted by Gasteiger charge is 2.22. The molecule has 0 saturated heterocycles. The van der Waals surface area contributed by atoms with Gasteiger partial charge >= 0.3 is 0 Å². The fraction of sp³-hybridized carbons (Fsp3) is 0.357. The van der Waals surface area contributed by atoms with Gasteiger partial charge in [0.2, 0.25) is 0 Å². The molecule has 1 unspecified atom stereocenters. The van der Waals surface area contributed by atoms with Crippen molar-refractivity contribution in [3.63, 3.8) is 0 Å². The predicted octanol–water partition coefficient (Wildman–Crippen LogP) is 3.60. The largest absolute Gasteiger partial charge is 0.508 e. The first kappa shape index (κ1) is 11.8. The van der Waals surface area contributed by atoms with Gasteiger partial charge in [0.05, 0.1) is 5.69 Å². The topological polar surface area (TPSA) is 38.1 Å². The van der Waals surface area contributed by atoms with E-state index in [9.17, 15) is 5.11 Å². The zero-order valence-electron chi connectivity index (χ0n) is 10.2. The van der Waals surface area contributed by atoms with E-state index in [1.54, 1.807) is 12.1 Å². The summed E-state index contributed by atoms with van der Waals surface area (Å²) in [5, 5.41) is 9.35. The van der Waals surface area contributed by atoms with Gasteiger partial charge in [0.1, 0.15) is 16.2 Å². The Hall–Kier alpha value is -1.29. The van der Waals surface area contributed by atoms with E-state index in [1.807, 2.05) is 12.1 Å². The Morgan fingerprint density at radius 3 is 2.78 bits per heavy atom. The van der Waals surface area contributed by atoms with E-state index in [2.05, 4.69) is 32.4 Å². The second-order valence-electron chi connectivity index (χ2n) is 4.97. The lowest BCUT2D eigenvalue weighted by atomic mass is 10.00. The summed E-state index contributed by atoms with van der Waals surface area (Å²) in [7, 11) is 0. The molecule has 4 heteroatoms. The molecule has 0 amide bonds. The lowest BCUT2D eigenvalue weighted by Crippen LogP contribution is -2.18. The first-order chi connectivity index (χ1) is 8.65. The van der Waals surface area contributed by atoms with E-state index in [0.29, 0.717) is 5.92 Å². The summed E-state index contributed by atoms with van der Waals surface area (Å²) in [5.41, 5.74) is 2.34. The van der Waals surface area contributed by atoms with Crippen molar-refractivity contribution in [1.82, 2.24) is 9.55 Å². The number of aromatic nitrogens is 2. The van der Waals surface area contributed by atoms with Gasteiger partial charge in [-0.1, -0.05) is 6.92 Å². The highest BCUT2D eigenvalue weighted by molar-refractivity contribution is 9.10. The Morgan fingerprint density at radius 2 is 2.06 bits per heavy atom. The number of imidazole rings is 1. The number of aromatic hydroxyl groups is 1. The maximum atomic E-state index is 9.35. The van der Waals surface area contributed by atoms with Crippen LogP contribution in [0.1, 0.15) is 19.0 Å². The molecule has 1 aromatic heterocycles. The second kappa shape index (κ2) is 4.43. The smallest absolute Gasteiger partial charge is 0.141 e. The molecule has 2 heterocycles. The van der Waals surface area contributed by atoms with Gasteiger partial charge in [0.25, 0.3) is 0 Å². The minimum atomic E-state index is 0.289. The summed E-state index contributed by atoms with van der Waals surface area (Å²) in [6.45, 7) is 3.29. The average molecular weight is 307 g/mol. The Morgan fingerprint density at radius 1 is 1.33 bits per heavy atom. The number of benzene rings is 1. The van der Waals surface area contributed by atoms with Crippen LogP contribution in [-0.4, -0.2) is 14.7 Å². The Kier molecular flexibility index (Phi) is 2.90. The fourth-order valence-corrected chi connectivity index (χ4v) is 3.09. The zero-order valence-corrected chi connectivity index (χ0v) is 11.8. The van der Waals surface area contributed by atoms with Gasteiger partial charge in [0, 0.05) is 12.1 Å². The third-order valence-electron chi connectivity index (χ3n) is 3.52. The van der Waals surface area contributed by atoms with Crippen LogP contribution in [0.4, 0.5) is 0 Å². The molecule has 94 valence electrons. The molecule has 0 radical (unpaired) electrons. The van der Waals surface area contributed by atoms with E-state index >= 15 is 0 Å². The molecule has 1 aromatic carbocycles. The molecule has 0 saturated carbocycles. The summed E-state index contributed by atoms with van der Waals surface area (Å²) in [6.07, 6.45) is 2.30. The van der Waals surface area contributed by atoms with Crippen molar-refractivity contribution >= 4 is 15.9 Å². The number of hydrogen-bond donors (Lipinski definition) is 1. The summed E-state index contributed by atoms with van der Waals surface area (Å²) in [6, 6.07) is 7.24. The van der Waals surface area contributed by atoms with Gasteiger partial charge in [-0.05, 0) is 59.0 Å². The maximum absolute atomic E-state index is 9.35. The summed E-state index contributed by atoms with van der Waals surface area (Å²) >= 11 is 3.55. The first-order valence-corrected chi connectivity index (χ1v) is 6.99. The van der Waals surface area contributed by atoms with Crippen LogP contribution in [0.25, 0.3) is 11.4 Å². The van der Waals surface area contributed by atoms with Crippen LogP contribution in [0.5, 0.6) is 5.75 Å². The molecule has 1 atom stereocenters. The van der Waals surface area contributed by atoms with Crippen LogP contribution in [0.3, 0.4) is 0 Å². The van der Waals surface area contributed by atoms with E-state index in [0.717, 1.165) is 29.0 Å². The van der Waals surface area contributed by atoms with Crippen LogP contribution in [0.2, 0.25) is 0 Å². The van der Waals surface area contributed by atoms with Gasteiger partial charge in [-0.25, -0.2) is 4.98 Å². The van der Waals surface area contributed by atoms with Crippen LogP contribution in [0.15, 0.2) is 28.9 Å². The van der Waals surface area contributed by atoms with E-state index in [1.165, 1.54) is 12.1 Å². The zero-order chi connectivity index (χ0) is 12.7. The van der Waals surface area contributed by atoms with Crippen LogP contribution in [-0.2, 0) is 13.0 Å². The molecule has 0 aliphatic carbocycles. The third kappa shape index (κ3) is 1.94. The summed E-state index contributed by atoms with van der Waals surface area (Å²) in [5.74, 6) is 1.97. The molecule has 1 N–H and O–H groups in total. The highest BCUT2D eigenvalue weighted by atomic mass is 79.9. The second-order valence-corrected chi connectivity index (χ2v) is 5.73. The Labute approximate surface area is 115 Å². The Bertz CT molecular complexity index is 574. The van der Waals surface area contributed by atoms with Crippen LogP contribution >= 0.6 is 15.9 Å². The molecule has 2 aromatic rings. The van der Waals surface area contributed by atoms with Gasteiger partial charge < -0.3 is 9.67 Å². The molecule has 1 aliphatic heterocycles. The molecule has 0 bridgehead atoms. The van der Waals surface area contributed by atoms with Gasteiger partial charge in [0.15, 0.2) is 0 Å². The lowest BCUT2D eigenvalue weighted by Gasteiger charge is -2.22. The molecule has 0 fully saturated rings. The van der Waals surface area contributed by atoms with Gasteiger partial charge in [-0.15, -0.1) is 0 Å². The monoisotopic (exact) mass is 306 g/mol. The molecular formula is C14H15BrN2O. The van der Waals surface area contributed by atoms with Crippen molar-refractivity contribution in [3.8, 4) is 17.1 Å². The SMILES string of the molecule is CC1CCc2c(Br)nc(-c3ccc(O)cc3)n2C1. The molecule has 0 spiro atoms. The third-order valence-corrected chi connectivity index (χ3v) is 4.15. The molecule has 18 heavy (non-hydrogen) atoms. The number of hydrogen-bond acceptors (Lipinski definition) is 2. The van der Waals surface area contributed by atoms with Crippen molar-refractivity contribution < 1.29 is 5.11 Å².